The lowest BCUT2D eigenvalue weighted by Crippen LogP contribution is -2.30. The van der Waals surface area contributed by atoms with Gasteiger partial charge in [0.25, 0.3) is 11.8 Å². The molecule has 1 aliphatic heterocycles. The van der Waals surface area contributed by atoms with Crippen LogP contribution in [0.4, 0.5) is 5.95 Å². The van der Waals surface area contributed by atoms with Crippen LogP contribution in [-0.2, 0) is 11.2 Å². The molecule has 118 valence electrons. The molecule has 0 radical (unpaired) electrons. The standard InChI is InChI=1S/C16H16N4O3/c1-10(21)18-16-17-9-11(19-16)5-4-8-20-14(22)12-6-2-3-7-13(12)15(20)23/h2-3,6-7,9H,4-5,8H2,1H3,(H2,17,18,19,21). The molecule has 1 aromatic heterocycles. The van der Waals surface area contributed by atoms with Gasteiger partial charge in [0.15, 0.2) is 0 Å². The number of fused-ring (bicyclic) bond motifs is 1. The fraction of sp³-hybridized carbons (Fsp3) is 0.250. The Morgan fingerprint density at radius 3 is 2.48 bits per heavy atom. The summed E-state index contributed by atoms with van der Waals surface area (Å²) in [4.78, 5) is 43.6. The van der Waals surface area contributed by atoms with Gasteiger partial charge in [-0.2, -0.15) is 0 Å². The molecule has 1 aromatic carbocycles. The van der Waals surface area contributed by atoms with Gasteiger partial charge in [0.2, 0.25) is 11.9 Å². The predicted molar refractivity (Wildman–Crippen MR) is 83.0 cm³/mol. The van der Waals surface area contributed by atoms with E-state index in [1.165, 1.54) is 11.8 Å². The fourth-order valence-corrected chi connectivity index (χ4v) is 2.59. The number of rotatable bonds is 5. The third-order valence-corrected chi connectivity index (χ3v) is 3.63. The van der Waals surface area contributed by atoms with Gasteiger partial charge in [-0.05, 0) is 25.0 Å². The van der Waals surface area contributed by atoms with Gasteiger partial charge in [-0.1, -0.05) is 12.1 Å². The lowest BCUT2D eigenvalue weighted by atomic mass is 10.1. The Bertz CT molecular complexity index is 746. The first kappa shape index (κ1) is 15.0. The van der Waals surface area contributed by atoms with Crippen molar-refractivity contribution < 1.29 is 14.4 Å². The van der Waals surface area contributed by atoms with Crippen LogP contribution in [0.25, 0.3) is 0 Å². The molecule has 2 N–H and O–H groups in total. The number of anilines is 1. The van der Waals surface area contributed by atoms with Crippen LogP contribution in [0.2, 0.25) is 0 Å². The van der Waals surface area contributed by atoms with Crippen molar-refractivity contribution in [1.82, 2.24) is 14.9 Å². The van der Waals surface area contributed by atoms with Crippen LogP contribution in [0.15, 0.2) is 30.5 Å². The average molecular weight is 312 g/mol. The second kappa shape index (κ2) is 6.04. The summed E-state index contributed by atoms with van der Waals surface area (Å²) in [6.45, 7) is 1.76. The van der Waals surface area contributed by atoms with Crippen molar-refractivity contribution in [2.45, 2.75) is 19.8 Å². The predicted octanol–water partition coefficient (Wildman–Crippen LogP) is 1.60. The molecular weight excluding hydrogens is 296 g/mol. The van der Waals surface area contributed by atoms with Crippen molar-refractivity contribution in [1.29, 1.82) is 0 Å². The monoisotopic (exact) mass is 312 g/mol. The van der Waals surface area contributed by atoms with Gasteiger partial charge in [-0.15, -0.1) is 0 Å². The number of aromatic amines is 1. The Morgan fingerprint density at radius 1 is 1.22 bits per heavy atom. The maximum Gasteiger partial charge on any atom is 0.261 e. The van der Waals surface area contributed by atoms with Crippen LogP contribution in [0.3, 0.4) is 0 Å². The summed E-state index contributed by atoms with van der Waals surface area (Å²) in [5.41, 5.74) is 1.77. The number of amides is 3. The van der Waals surface area contributed by atoms with Gasteiger partial charge in [0.1, 0.15) is 0 Å². The van der Waals surface area contributed by atoms with Gasteiger partial charge >= 0.3 is 0 Å². The van der Waals surface area contributed by atoms with E-state index in [0.29, 0.717) is 36.5 Å². The minimum absolute atomic E-state index is 0.197. The van der Waals surface area contributed by atoms with Crippen LogP contribution in [0.1, 0.15) is 39.8 Å². The van der Waals surface area contributed by atoms with Crippen LogP contribution >= 0.6 is 0 Å². The van der Waals surface area contributed by atoms with Crippen LogP contribution in [0.5, 0.6) is 0 Å². The Balaban J connectivity index is 1.58. The van der Waals surface area contributed by atoms with Crippen molar-refractivity contribution in [3.8, 4) is 0 Å². The SMILES string of the molecule is CC(=O)Nc1ncc(CCCN2C(=O)c3ccccc3C2=O)[nH]1. The van der Waals surface area contributed by atoms with E-state index in [1.807, 2.05) is 0 Å². The van der Waals surface area contributed by atoms with E-state index in [1.54, 1.807) is 30.5 Å². The number of hydrogen-bond acceptors (Lipinski definition) is 4. The number of aromatic nitrogens is 2. The van der Waals surface area contributed by atoms with E-state index in [0.717, 1.165) is 5.69 Å². The number of nitrogens with one attached hydrogen (secondary N) is 2. The molecule has 0 spiro atoms. The lowest BCUT2D eigenvalue weighted by Gasteiger charge is -2.12. The van der Waals surface area contributed by atoms with E-state index in [9.17, 15) is 14.4 Å². The molecule has 2 aromatic rings. The number of imidazole rings is 1. The highest BCUT2D eigenvalue weighted by molar-refractivity contribution is 6.21. The molecule has 23 heavy (non-hydrogen) atoms. The molecule has 0 saturated heterocycles. The average Bonchev–Trinajstić information content (AvgIpc) is 3.05. The van der Waals surface area contributed by atoms with Crippen molar-refractivity contribution in [3.05, 3.63) is 47.3 Å². The summed E-state index contributed by atoms with van der Waals surface area (Å²) in [7, 11) is 0. The molecule has 7 nitrogen and oxygen atoms in total. The highest BCUT2D eigenvalue weighted by Gasteiger charge is 2.34. The minimum Gasteiger partial charge on any atom is -0.328 e. The van der Waals surface area contributed by atoms with Crippen molar-refractivity contribution in [2.75, 3.05) is 11.9 Å². The summed E-state index contributed by atoms with van der Waals surface area (Å²) in [5, 5.41) is 2.56. The molecule has 3 rings (SSSR count). The molecule has 2 heterocycles. The first-order valence-electron chi connectivity index (χ1n) is 7.33. The molecule has 0 bridgehead atoms. The van der Waals surface area contributed by atoms with Crippen molar-refractivity contribution in [3.63, 3.8) is 0 Å². The van der Waals surface area contributed by atoms with E-state index < -0.39 is 0 Å². The Hall–Kier alpha value is -2.96. The second-order valence-electron chi connectivity index (χ2n) is 5.35. The highest BCUT2D eigenvalue weighted by Crippen LogP contribution is 2.22. The largest absolute Gasteiger partial charge is 0.328 e. The van der Waals surface area contributed by atoms with E-state index in [-0.39, 0.29) is 17.7 Å². The number of hydrogen-bond donors (Lipinski definition) is 2. The molecule has 0 atom stereocenters. The number of nitrogens with zero attached hydrogens (tertiary/aromatic N) is 2. The second-order valence-corrected chi connectivity index (χ2v) is 5.35. The van der Waals surface area contributed by atoms with Crippen LogP contribution in [-0.4, -0.2) is 39.1 Å². The Labute approximate surface area is 132 Å². The number of benzene rings is 1. The van der Waals surface area contributed by atoms with E-state index >= 15 is 0 Å². The molecule has 7 heteroatoms. The fourth-order valence-electron chi connectivity index (χ4n) is 2.59. The van der Waals surface area contributed by atoms with Gasteiger partial charge in [0, 0.05) is 19.2 Å². The van der Waals surface area contributed by atoms with Gasteiger partial charge in [-0.25, -0.2) is 4.98 Å². The number of imide groups is 1. The lowest BCUT2D eigenvalue weighted by molar-refractivity contribution is -0.114. The quantitative estimate of drug-likeness (QED) is 0.820. The first-order valence-corrected chi connectivity index (χ1v) is 7.33. The van der Waals surface area contributed by atoms with Gasteiger partial charge < -0.3 is 4.98 Å². The summed E-state index contributed by atoms with van der Waals surface area (Å²) >= 11 is 0. The van der Waals surface area contributed by atoms with E-state index in [4.69, 9.17) is 0 Å². The number of carbonyl (C=O) groups excluding carboxylic acids is 3. The number of H-pyrrole nitrogens is 1. The summed E-state index contributed by atoms with van der Waals surface area (Å²) < 4.78 is 0. The smallest absolute Gasteiger partial charge is 0.261 e. The topological polar surface area (TPSA) is 95.2 Å². The first-order chi connectivity index (χ1) is 11.1. The molecule has 3 amide bonds. The molecule has 0 unspecified atom stereocenters. The normalized spacial score (nSPS) is 13.3. The summed E-state index contributed by atoms with van der Waals surface area (Å²) in [5.74, 6) is -0.284. The molecular formula is C16H16N4O3. The third-order valence-electron chi connectivity index (χ3n) is 3.63. The maximum atomic E-state index is 12.2. The number of carbonyl (C=O) groups is 3. The van der Waals surface area contributed by atoms with Crippen molar-refractivity contribution >= 4 is 23.7 Å². The summed E-state index contributed by atoms with van der Waals surface area (Å²) in [6, 6.07) is 6.84. The molecule has 0 fully saturated rings. The maximum absolute atomic E-state index is 12.2. The Morgan fingerprint density at radius 2 is 1.87 bits per heavy atom. The molecule has 0 aliphatic carbocycles. The van der Waals surface area contributed by atoms with Crippen LogP contribution < -0.4 is 5.32 Å². The van der Waals surface area contributed by atoms with Gasteiger partial charge in [0.05, 0.1) is 17.3 Å². The van der Waals surface area contributed by atoms with E-state index in [2.05, 4.69) is 15.3 Å². The zero-order valence-corrected chi connectivity index (χ0v) is 12.6. The zero-order valence-electron chi connectivity index (χ0n) is 12.6. The summed E-state index contributed by atoms with van der Waals surface area (Å²) in [6.07, 6.45) is 2.88. The number of aryl methyl sites for hydroxylation is 1. The molecule has 1 aliphatic rings. The van der Waals surface area contributed by atoms with Gasteiger partial charge in [-0.3, -0.25) is 24.6 Å². The molecule has 0 saturated carbocycles. The Kier molecular flexibility index (Phi) is 3.92. The highest BCUT2D eigenvalue weighted by atomic mass is 16.2. The third kappa shape index (κ3) is 2.98. The zero-order chi connectivity index (χ0) is 16.4. The minimum atomic E-state index is -0.242. The van der Waals surface area contributed by atoms with Crippen molar-refractivity contribution in [2.24, 2.45) is 0 Å². The van der Waals surface area contributed by atoms with Crippen LogP contribution in [0, 0.1) is 0 Å².